The molecule has 4 heterocycles. The van der Waals surface area contributed by atoms with Gasteiger partial charge in [-0.25, -0.2) is 18.4 Å². The summed E-state index contributed by atoms with van der Waals surface area (Å²) in [5, 5.41) is 2.90. The third kappa shape index (κ3) is 5.63. The molecule has 1 saturated carbocycles. The number of hydrogen-bond donors (Lipinski definition) is 2. The summed E-state index contributed by atoms with van der Waals surface area (Å²) in [6.07, 6.45) is 8.87. The SMILES string of the molecule is CCOc1cncc(-c2cnc(C(=O)N[C@@H](c3cc(NS(=O)(=O)C4CC4)ccn3)[C@H]3CCCO3)s2)n1. The lowest BCUT2D eigenvalue weighted by Gasteiger charge is -2.24. The topological polar surface area (TPSA) is 145 Å². The van der Waals surface area contributed by atoms with Crippen molar-refractivity contribution in [1.29, 1.82) is 0 Å². The second-order valence-corrected chi connectivity index (χ2v) is 11.5. The van der Waals surface area contributed by atoms with E-state index in [1.165, 1.54) is 23.7 Å². The van der Waals surface area contributed by atoms with Crippen LogP contribution in [0.5, 0.6) is 5.88 Å². The Morgan fingerprint density at radius 2 is 2.11 bits per heavy atom. The molecule has 1 aliphatic heterocycles. The third-order valence-electron chi connectivity index (χ3n) is 5.80. The Labute approximate surface area is 212 Å². The van der Waals surface area contributed by atoms with Gasteiger partial charge in [0.1, 0.15) is 5.69 Å². The summed E-state index contributed by atoms with van der Waals surface area (Å²) >= 11 is 1.19. The molecule has 190 valence electrons. The summed E-state index contributed by atoms with van der Waals surface area (Å²) in [4.78, 5) is 31.1. The molecule has 0 spiro atoms. The fraction of sp³-hybridized carbons (Fsp3) is 0.435. The number of thiazole rings is 1. The summed E-state index contributed by atoms with van der Waals surface area (Å²) in [6, 6.07) is 2.68. The van der Waals surface area contributed by atoms with E-state index in [1.807, 2.05) is 6.92 Å². The normalized spacial score (nSPS) is 18.5. The van der Waals surface area contributed by atoms with Crippen LogP contribution < -0.4 is 14.8 Å². The van der Waals surface area contributed by atoms with E-state index < -0.39 is 16.1 Å². The van der Waals surface area contributed by atoms with Gasteiger partial charge in [0.05, 0.1) is 52.7 Å². The maximum atomic E-state index is 13.2. The van der Waals surface area contributed by atoms with Crippen LogP contribution in [0.25, 0.3) is 10.6 Å². The predicted molar refractivity (Wildman–Crippen MR) is 133 cm³/mol. The lowest BCUT2D eigenvalue weighted by molar-refractivity contribution is 0.0663. The number of sulfonamides is 1. The van der Waals surface area contributed by atoms with E-state index in [4.69, 9.17) is 9.47 Å². The zero-order valence-corrected chi connectivity index (χ0v) is 21.2. The summed E-state index contributed by atoms with van der Waals surface area (Å²) in [5.41, 5.74) is 1.48. The molecule has 0 bridgehead atoms. The van der Waals surface area contributed by atoms with Gasteiger partial charge in [-0.2, -0.15) is 0 Å². The molecule has 36 heavy (non-hydrogen) atoms. The minimum atomic E-state index is -3.42. The number of hydrogen-bond acceptors (Lipinski definition) is 10. The molecule has 2 atom stereocenters. The second kappa shape index (κ2) is 10.4. The molecule has 3 aromatic rings. The first-order valence-electron chi connectivity index (χ1n) is 11.7. The summed E-state index contributed by atoms with van der Waals surface area (Å²) in [7, 11) is -3.42. The Morgan fingerprint density at radius 3 is 2.86 bits per heavy atom. The lowest BCUT2D eigenvalue weighted by Crippen LogP contribution is -2.36. The number of rotatable bonds is 10. The molecule has 2 aliphatic rings. The van der Waals surface area contributed by atoms with Crippen LogP contribution in [0, 0.1) is 0 Å². The Balaban J connectivity index is 1.35. The quantitative estimate of drug-likeness (QED) is 0.404. The summed E-state index contributed by atoms with van der Waals surface area (Å²) < 4.78 is 38.7. The van der Waals surface area contributed by atoms with Gasteiger partial charge in [-0.1, -0.05) is 0 Å². The first-order valence-corrected chi connectivity index (χ1v) is 14.1. The van der Waals surface area contributed by atoms with E-state index in [2.05, 4.69) is 30.0 Å². The van der Waals surface area contributed by atoms with Gasteiger partial charge in [0.25, 0.3) is 5.91 Å². The van der Waals surface area contributed by atoms with Crippen LogP contribution in [-0.4, -0.2) is 58.8 Å². The van der Waals surface area contributed by atoms with E-state index >= 15 is 0 Å². The highest BCUT2D eigenvalue weighted by atomic mass is 32.2. The van der Waals surface area contributed by atoms with Gasteiger partial charge in [-0.05, 0) is 44.7 Å². The van der Waals surface area contributed by atoms with Crippen molar-refractivity contribution in [2.24, 2.45) is 0 Å². The van der Waals surface area contributed by atoms with Crippen molar-refractivity contribution in [1.82, 2.24) is 25.3 Å². The Morgan fingerprint density at radius 1 is 1.25 bits per heavy atom. The maximum absolute atomic E-state index is 13.2. The smallest absolute Gasteiger partial charge is 0.280 e. The molecule has 2 fully saturated rings. The van der Waals surface area contributed by atoms with E-state index in [1.54, 1.807) is 24.5 Å². The van der Waals surface area contributed by atoms with Crippen molar-refractivity contribution < 1.29 is 22.7 Å². The number of carbonyl (C=O) groups is 1. The van der Waals surface area contributed by atoms with Gasteiger partial charge in [0, 0.05) is 19.0 Å². The number of nitrogens with one attached hydrogen (secondary N) is 2. The van der Waals surface area contributed by atoms with Crippen LogP contribution in [0.3, 0.4) is 0 Å². The zero-order chi connectivity index (χ0) is 25.1. The summed E-state index contributed by atoms with van der Waals surface area (Å²) in [5.74, 6) is 0.0162. The number of ether oxygens (including phenoxy) is 2. The van der Waals surface area contributed by atoms with Gasteiger partial charge in [-0.3, -0.25) is 19.5 Å². The minimum absolute atomic E-state index is 0.252. The maximum Gasteiger partial charge on any atom is 0.280 e. The van der Waals surface area contributed by atoms with Gasteiger partial charge in [0.15, 0.2) is 5.01 Å². The van der Waals surface area contributed by atoms with Crippen molar-refractivity contribution in [3.63, 3.8) is 0 Å². The molecule has 13 heteroatoms. The fourth-order valence-electron chi connectivity index (χ4n) is 3.92. The van der Waals surface area contributed by atoms with Gasteiger partial charge < -0.3 is 14.8 Å². The van der Waals surface area contributed by atoms with Crippen LogP contribution in [0.4, 0.5) is 5.69 Å². The molecule has 1 saturated heterocycles. The molecular weight excluding hydrogens is 504 g/mol. The molecule has 11 nitrogen and oxygen atoms in total. The Hall–Kier alpha value is -3.16. The first kappa shape index (κ1) is 24.5. The van der Waals surface area contributed by atoms with Crippen LogP contribution >= 0.6 is 11.3 Å². The molecule has 1 aliphatic carbocycles. The third-order valence-corrected chi connectivity index (χ3v) is 8.69. The predicted octanol–water partition coefficient (Wildman–Crippen LogP) is 2.95. The lowest BCUT2D eigenvalue weighted by atomic mass is 10.0. The molecule has 0 aromatic carbocycles. The van der Waals surface area contributed by atoms with E-state index in [0.717, 1.165) is 12.8 Å². The van der Waals surface area contributed by atoms with Crippen molar-refractivity contribution in [3.05, 3.63) is 47.6 Å². The van der Waals surface area contributed by atoms with Crippen molar-refractivity contribution >= 4 is 33.0 Å². The number of amides is 1. The minimum Gasteiger partial charge on any atom is -0.477 e. The number of carbonyl (C=O) groups excluding carboxylic acids is 1. The largest absolute Gasteiger partial charge is 0.477 e. The average molecular weight is 531 g/mol. The molecule has 1 amide bonds. The van der Waals surface area contributed by atoms with Crippen molar-refractivity contribution in [2.75, 3.05) is 17.9 Å². The standard InChI is InChI=1S/C23H26N6O5S2/c1-2-33-20-13-24-11-17(27-20)19-12-26-23(35-19)22(30)28-21(18-4-3-9-34-18)16-10-14(7-8-25-16)29-36(31,32)15-5-6-15/h7-8,10-13,15,18,21H,2-6,9H2,1H3,(H,25,29)(H,28,30)/t18-,21+/m1/s1. The van der Waals surface area contributed by atoms with E-state index in [9.17, 15) is 13.2 Å². The van der Waals surface area contributed by atoms with Crippen LogP contribution in [0.1, 0.15) is 54.1 Å². The molecule has 3 aromatic heterocycles. The van der Waals surface area contributed by atoms with Gasteiger partial charge in [0.2, 0.25) is 15.9 Å². The van der Waals surface area contributed by atoms with Gasteiger partial charge in [-0.15, -0.1) is 11.3 Å². The van der Waals surface area contributed by atoms with Gasteiger partial charge >= 0.3 is 0 Å². The molecular formula is C23H26N6O5S2. The number of nitrogens with zero attached hydrogens (tertiary/aromatic N) is 4. The van der Waals surface area contributed by atoms with Crippen molar-refractivity contribution in [2.45, 2.75) is 50.0 Å². The average Bonchev–Trinajstić information content (AvgIpc) is 3.38. The molecule has 5 rings (SSSR count). The molecule has 2 N–H and O–H groups in total. The highest BCUT2D eigenvalue weighted by molar-refractivity contribution is 7.93. The Bertz CT molecular complexity index is 1340. The fourth-order valence-corrected chi connectivity index (χ4v) is 6.07. The number of pyridine rings is 1. The molecule has 0 unspecified atom stereocenters. The highest BCUT2D eigenvalue weighted by Gasteiger charge is 2.36. The highest BCUT2D eigenvalue weighted by Crippen LogP contribution is 2.32. The molecule has 0 radical (unpaired) electrons. The zero-order valence-electron chi connectivity index (χ0n) is 19.6. The van der Waals surface area contributed by atoms with E-state index in [-0.39, 0.29) is 22.3 Å². The van der Waals surface area contributed by atoms with Crippen LogP contribution in [0.15, 0.2) is 36.9 Å². The van der Waals surface area contributed by atoms with E-state index in [0.29, 0.717) is 53.9 Å². The number of anilines is 1. The summed E-state index contributed by atoms with van der Waals surface area (Å²) in [6.45, 7) is 2.91. The second-order valence-electron chi connectivity index (χ2n) is 8.52. The van der Waals surface area contributed by atoms with Crippen LogP contribution in [0.2, 0.25) is 0 Å². The van der Waals surface area contributed by atoms with Crippen molar-refractivity contribution in [3.8, 4) is 16.5 Å². The monoisotopic (exact) mass is 530 g/mol. The Kier molecular flexibility index (Phi) is 7.12. The first-order chi connectivity index (χ1) is 17.4. The van der Waals surface area contributed by atoms with Crippen LogP contribution in [-0.2, 0) is 14.8 Å². The number of aromatic nitrogens is 4.